The third kappa shape index (κ3) is 5.95. The molecular formula is C25H25BrN2O3. The molecule has 1 amide bonds. The van der Waals surface area contributed by atoms with Gasteiger partial charge in [0, 0.05) is 0 Å². The molecule has 3 aromatic carbocycles. The number of hydrogen-bond donors (Lipinski definition) is 2. The number of ether oxygens (including phenoxy) is 1. The first kappa shape index (κ1) is 22.6. The van der Waals surface area contributed by atoms with E-state index in [4.69, 9.17) is 4.74 Å². The zero-order chi connectivity index (χ0) is 22.2. The van der Waals surface area contributed by atoms with Crippen molar-refractivity contribution in [1.29, 1.82) is 0 Å². The van der Waals surface area contributed by atoms with Gasteiger partial charge in [0.2, 0.25) is 5.91 Å². The molecule has 1 atom stereocenters. The number of rotatable bonds is 8. The number of hydrogen-bond acceptors (Lipinski definition) is 4. The molecule has 6 heteroatoms. The lowest BCUT2D eigenvalue weighted by Crippen LogP contribution is -2.27. The van der Waals surface area contributed by atoms with E-state index in [2.05, 4.69) is 26.5 Å². The maximum absolute atomic E-state index is 13.0. The predicted octanol–water partition coefficient (Wildman–Crippen LogP) is 5.34. The molecule has 31 heavy (non-hydrogen) atoms. The molecule has 160 valence electrons. The molecular weight excluding hydrogens is 456 g/mol. The molecule has 2 N–H and O–H groups in total. The van der Waals surface area contributed by atoms with Gasteiger partial charge in [-0.05, 0) is 70.6 Å². The summed E-state index contributed by atoms with van der Waals surface area (Å²) in [7, 11) is 0. The number of halogens is 1. The number of amides is 1. The fraction of sp³-hybridized carbons (Fsp3) is 0.200. The first-order valence-corrected chi connectivity index (χ1v) is 10.9. The lowest BCUT2D eigenvalue weighted by Gasteiger charge is -2.17. The molecule has 0 saturated carbocycles. The first-order valence-electron chi connectivity index (χ1n) is 10.1. The molecule has 3 rings (SSSR count). The zero-order valence-corrected chi connectivity index (χ0v) is 19.1. The van der Waals surface area contributed by atoms with E-state index in [1.54, 1.807) is 12.1 Å². The number of nitrogens with one attached hydrogen (secondary N) is 1. The van der Waals surface area contributed by atoms with E-state index < -0.39 is 0 Å². The fourth-order valence-corrected chi connectivity index (χ4v) is 3.75. The zero-order valence-electron chi connectivity index (χ0n) is 17.5. The highest BCUT2D eigenvalue weighted by Gasteiger charge is 2.21. The maximum atomic E-state index is 13.0. The highest BCUT2D eigenvalue weighted by molar-refractivity contribution is 9.10. The summed E-state index contributed by atoms with van der Waals surface area (Å²) in [5.41, 5.74) is 6.56. The van der Waals surface area contributed by atoms with Crippen molar-refractivity contribution in [2.75, 3.05) is 6.61 Å². The number of phenols is 1. The summed E-state index contributed by atoms with van der Waals surface area (Å²) in [6, 6.07) is 21.2. The number of benzene rings is 3. The Balaban J connectivity index is 1.79. The number of hydrazone groups is 1. The average molecular weight is 481 g/mol. The van der Waals surface area contributed by atoms with Crippen molar-refractivity contribution in [3.8, 4) is 11.5 Å². The highest BCUT2D eigenvalue weighted by Crippen LogP contribution is 2.35. The Hall–Kier alpha value is -3.12. The smallest absolute Gasteiger partial charge is 0.247 e. The summed E-state index contributed by atoms with van der Waals surface area (Å²) in [6.45, 7) is 4.31. The Labute approximate surface area is 190 Å². The number of carbonyl (C=O) groups excluding carboxylic acids is 1. The van der Waals surface area contributed by atoms with Crippen LogP contribution in [0.2, 0.25) is 0 Å². The number of nitrogens with zero attached hydrogens (tertiary/aromatic N) is 1. The van der Waals surface area contributed by atoms with Crippen LogP contribution in [0.15, 0.2) is 76.3 Å². The van der Waals surface area contributed by atoms with Gasteiger partial charge in [-0.1, -0.05) is 54.6 Å². The lowest BCUT2D eigenvalue weighted by molar-refractivity contribution is -0.122. The molecule has 5 nitrogen and oxygen atoms in total. The molecule has 3 aromatic rings. The van der Waals surface area contributed by atoms with Gasteiger partial charge in [-0.15, -0.1) is 0 Å². The number of phenolic OH excluding ortho intramolecular Hbond substituents is 1. The predicted molar refractivity (Wildman–Crippen MR) is 127 cm³/mol. The van der Waals surface area contributed by atoms with Gasteiger partial charge in [0.25, 0.3) is 0 Å². The highest BCUT2D eigenvalue weighted by atomic mass is 79.9. The summed E-state index contributed by atoms with van der Waals surface area (Å²) in [5.74, 6) is -0.171. The monoisotopic (exact) mass is 480 g/mol. The van der Waals surface area contributed by atoms with E-state index >= 15 is 0 Å². The van der Waals surface area contributed by atoms with Crippen LogP contribution in [0.3, 0.4) is 0 Å². The van der Waals surface area contributed by atoms with Crippen molar-refractivity contribution in [1.82, 2.24) is 5.43 Å². The molecule has 0 heterocycles. The first-order chi connectivity index (χ1) is 15.0. The van der Waals surface area contributed by atoms with Gasteiger partial charge < -0.3 is 9.84 Å². The Morgan fingerprint density at radius 2 is 1.87 bits per heavy atom. The standard InChI is InChI=1S/C25H25BrN2O3/c1-3-31-23-14-18(13-22(26)24(23)29)16-27-28-25(30)21(19-10-5-4-6-11-19)15-20-12-8-7-9-17(20)2/h4-14,16,21,29H,3,15H2,1-2H3,(H,28,30). The van der Waals surface area contributed by atoms with Gasteiger partial charge in [0.15, 0.2) is 11.5 Å². The lowest BCUT2D eigenvalue weighted by atomic mass is 9.90. The summed E-state index contributed by atoms with van der Waals surface area (Å²) in [4.78, 5) is 13.0. The Morgan fingerprint density at radius 1 is 1.16 bits per heavy atom. The molecule has 0 aliphatic rings. The maximum Gasteiger partial charge on any atom is 0.247 e. The van der Waals surface area contributed by atoms with Crippen LogP contribution < -0.4 is 10.2 Å². The molecule has 0 aliphatic heterocycles. The fourth-order valence-electron chi connectivity index (χ4n) is 3.29. The molecule has 0 radical (unpaired) electrons. The summed E-state index contributed by atoms with van der Waals surface area (Å²) < 4.78 is 5.92. The van der Waals surface area contributed by atoms with Crippen LogP contribution in [0.25, 0.3) is 0 Å². The van der Waals surface area contributed by atoms with Gasteiger partial charge in [-0.3, -0.25) is 4.79 Å². The van der Waals surface area contributed by atoms with Gasteiger partial charge in [0.05, 0.1) is 23.2 Å². The van der Waals surface area contributed by atoms with Gasteiger partial charge in [-0.25, -0.2) is 5.43 Å². The third-order valence-corrected chi connectivity index (χ3v) is 5.55. The SMILES string of the molecule is CCOc1cc(C=NNC(=O)C(Cc2ccccc2C)c2ccccc2)cc(Br)c1O. The minimum absolute atomic E-state index is 0.0328. The van der Waals surface area contributed by atoms with Crippen LogP contribution in [-0.4, -0.2) is 23.8 Å². The third-order valence-electron chi connectivity index (χ3n) is 4.94. The molecule has 0 aromatic heterocycles. The van der Waals surface area contributed by atoms with Gasteiger partial charge >= 0.3 is 0 Å². The second-order valence-corrected chi connectivity index (χ2v) is 7.96. The molecule has 1 unspecified atom stereocenters. The number of aromatic hydroxyl groups is 1. The summed E-state index contributed by atoms with van der Waals surface area (Å²) in [5, 5.41) is 14.2. The number of carbonyl (C=O) groups is 1. The summed E-state index contributed by atoms with van der Waals surface area (Å²) >= 11 is 3.31. The van der Waals surface area contributed by atoms with Crippen LogP contribution in [0.1, 0.15) is 35.1 Å². The summed E-state index contributed by atoms with van der Waals surface area (Å²) in [6.07, 6.45) is 2.11. The molecule has 0 fully saturated rings. The normalized spacial score (nSPS) is 12.0. The Morgan fingerprint density at radius 3 is 2.58 bits per heavy atom. The van der Waals surface area contributed by atoms with Crippen LogP contribution in [0.4, 0.5) is 0 Å². The van der Waals surface area contributed by atoms with Crippen molar-refractivity contribution in [3.63, 3.8) is 0 Å². The number of aryl methyl sites for hydroxylation is 1. The molecule has 0 saturated heterocycles. The van der Waals surface area contributed by atoms with E-state index in [1.807, 2.05) is 68.4 Å². The van der Waals surface area contributed by atoms with Crippen molar-refractivity contribution < 1.29 is 14.6 Å². The second kappa shape index (κ2) is 10.8. The Kier molecular flexibility index (Phi) is 7.84. The van der Waals surface area contributed by atoms with E-state index in [-0.39, 0.29) is 17.6 Å². The van der Waals surface area contributed by atoms with E-state index in [9.17, 15) is 9.90 Å². The van der Waals surface area contributed by atoms with E-state index in [0.29, 0.717) is 28.8 Å². The van der Waals surface area contributed by atoms with Crippen molar-refractivity contribution >= 4 is 28.1 Å². The van der Waals surface area contributed by atoms with E-state index in [0.717, 1.165) is 16.7 Å². The van der Waals surface area contributed by atoms with Gasteiger partial charge in [-0.2, -0.15) is 5.10 Å². The minimum Gasteiger partial charge on any atom is -0.503 e. The van der Waals surface area contributed by atoms with Crippen molar-refractivity contribution in [3.05, 3.63) is 93.5 Å². The minimum atomic E-state index is -0.370. The average Bonchev–Trinajstić information content (AvgIpc) is 2.77. The van der Waals surface area contributed by atoms with Crippen molar-refractivity contribution in [2.24, 2.45) is 5.10 Å². The van der Waals surface area contributed by atoms with Gasteiger partial charge in [0.1, 0.15) is 0 Å². The van der Waals surface area contributed by atoms with Crippen LogP contribution in [0, 0.1) is 6.92 Å². The van der Waals surface area contributed by atoms with E-state index in [1.165, 1.54) is 6.21 Å². The molecule has 0 spiro atoms. The van der Waals surface area contributed by atoms with Crippen LogP contribution >= 0.6 is 15.9 Å². The van der Waals surface area contributed by atoms with Crippen molar-refractivity contribution in [2.45, 2.75) is 26.2 Å². The second-order valence-electron chi connectivity index (χ2n) is 7.11. The molecule has 0 bridgehead atoms. The van der Waals surface area contributed by atoms with Crippen LogP contribution in [0.5, 0.6) is 11.5 Å². The Bertz CT molecular complexity index is 1070. The topological polar surface area (TPSA) is 70.9 Å². The largest absolute Gasteiger partial charge is 0.503 e. The van der Waals surface area contributed by atoms with Crippen LogP contribution in [-0.2, 0) is 11.2 Å². The quantitative estimate of drug-likeness (QED) is 0.337. The molecule has 0 aliphatic carbocycles.